The second kappa shape index (κ2) is 4.93. The third-order valence-electron chi connectivity index (χ3n) is 3.80. The molecule has 2 N–H and O–H groups in total. The van der Waals surface area contributed by atoms with Gasteiger partial charge in [-0.15, -0.1) is 0 Å². The van der Waals surface area contributed by atoms with Gasteiger partial charge in [0.1, 0.15) is 23.2 Å². The molecule has 0 bridgehead atoms. The first-order chi connectivity index (χ1) is 9.61. The first kappa shape index (κ1) is 13.2. The van der Waals surface area contributed by atoms with Gasteiger partial charge in [-0.05, 0) is 38.3 Å². The highest BCUT2D eigenvalue weighted by Gasteiger charge is 2.31. The van der Waals surface area contributed by atoms with E-state index in [1.54, 1.807) is 6.07 Å². The highest BCUT2D eigenvalue weighted by atomic mass is 19.1. The Morgan fingerprint density at radius 3 is 2.80 bits per heavy atom. The zero-order valence-corrected chi connectivity index (χ0v) is 12.0. The van der Waals surface area contributed by atoms with Crippen molar-refractivity contribution in [2.75, 3.05) is 5.73 Å². The maximum absolute atomic E-state index is 14.1. The molecule has 2 aromatic rings. The molecule has 0 aliphatic heterocycles. The van der Waals surface area contributed by atoms with Crippen LogP contribution >= 0.6 is 0 Å². The van der Waals surface area contributed by atoms with E-state index in [-0.39, 0.29) is 5.82 Å². The van der Waals surface area contributed by atoms with Gasteiger partial charge in [-0.25, -0.2) is 9.37 Å². The van der Waals surface area contributed by atoms with E-state index >= 15 is 0 Å². The number of aromatic nitrogens is 2. The molecule has 20 heavy (non-hydrogen) atoms. The van der Waals surface area contributed by atoms with Crippen LogP contribution in [0.4, 0.5) is 10.2 Å². The predicted octanol–water partition coefficient (Wildman–Crippen LogP) is 3.87. The van der Waals surface area contributed by atoms with Gasteiger partial charge >= 0.3 is 0 Å². The Morgan fingerprint density at radius 2 is 2.15 bits per heavy atom. The van der Waals surface area contributed by atoms with Gasteiger partial charge in [0, 0.05) is 18.0 Å². The number of nitrogens with zero attached hydrogens (tertiary/aromatic N) is 2. The standard InChI is InChI=1S/C16H20FN3/c1-3-8-20-15(18)14(19-16(20)11-5-6-11)12-9-10(2)4-7-13(12)17/h4,7,9,11H,3,5-6,8,18H2,1-2H3. The Balaban J connectivity index is 2.13. The Bertz CT molecular complexity index is 641. The summed E-state index contributed by atoms with van der Waals surface area (Å²) in [5.41, 5.74) is 8.37. The fourth-order valence-electron chi connectivity index (χ4n) is 2.61. The SMILES string of the molecule is CCCn1c(C2CC2)nc(-c2cc(C)ccc2F)c1N. The molecule has 1 fully saturated rings. The van der Waals surface area contributed by atoms with Crippen LogP contribution in [0.5, 0.6) is 0 Å². The zero-order chi connectivity index (χ0) is 14.3. The Hall–Kier alpha value is -1.84. The first-order valence-electron chi connectivity index (χ1n) is 7.24. The number of hydrogen-bond acceptors (Lipinski definition) is 2. The molecule has 0 unspecified atom stereocenters. The van der Waals surface area contributed by atoms with Crippen LogP contribution in [-0.4, -0.2) is 9.55 Å². The van der Waals surface area contributed by atoms with Gasteiger partial charge in [-0.3, -0.25) is 0 Å². The summed E-state index contributed by atoms with van der Waals surface area (Å²) in [7, 11) is 0. The van der Waals surface area contributed by atoms with E-state index in [9.17, 15) is 4.39 Å². The minimum Gasteiger partial charge on any atom is -0.383 e. The number of hydrogen-bond donors (Lipinski definition) is 1. The van der Waals surface area contributed by atoms with Crippen LogP contribution in [0.2, 0.25) is 0 Å². The highest BCUT2D eigenvalue weighted by molar-refractivity contribution is 5.72. The summed E-state index contributed by atoms with van der Waals surface area (Å²) in [6.45, 7) is 4.91. The number of imidazole rings is 1. The summed E-state index contributed by atoms with van der Waals surface area (Å²) in [6, 6.07) is 5.07. The summed E-state index contributed by atoms with van der Waals surface area (Å²) in [5.74, 6) is 1.87. The molecule has 1 saturated carbocycles. The third-order valence-corrected chi connectivity index (χ3v) is 3.80. The second-order valence-electron chi connectivity index (χ2n) is 5.61. The Kier molecular flexibility index (Phi) is 3.24. The van der Waals surface area contributed by atoms with E-state index in [2.05, 4.69) is 16.5 Å². The van der Waals surface area contributed by atoms with Crippen LogP contribution in [0.15, 0.2) is 18.2 Å². The molecular weight excluding hydrogens is 253 g/mol. The lowest BCUT2D eigenvalue weighted by Gasteiger charge is -2.07. The molecule has 0 spiro atoms. The van der Waals surface area contributed by atoms with Gasteiger partial charge < -0.3 is 10.3 Å². The molecule has 3 rings (SSSR count). The molecular formula is C16H20FN3. The normalized spacial score (nSPS) is 14.8. The van der Waals surface area contributed by atoms with Crippen LogP contribution in [-0.2, 0) is 6.54 Å². The summed E-state index contributed by atoms with van der Waals surface area (Å²) in [5, 5.41) is 0. The molecule has 0 radical (unpaired) electrons. The molecule has 4 heteroatoms. The van der Waals surface area contributed by atoms with Gasteiger partial charge in [-0.2, -0.15) is 0 Å². The quantitative estimate of drug-likeness (QED) is 0.919. The monoisotopic (exact) mass is 273 g/mol. The van der Waals surface area contributed by atoms with Crippen molar-refractivity contribution in [1.29, 1.82) is 0 Å². The largest absolute Gasteiger partial charge is 0.383 e. The second-order valence-corrected chi connectivity index (χ2v) is 5.61. The lowest BCUT2D eigenvalue weighted by atomic mass is 10.1. The van der Waals surface area contributed by atoms with Gasteiger partial charge in [0.15, 0.2) is 0 Å². The van der Waals surface area contributed by atoms with Gasteiger partial charge in [0.2, 0.25) is 0 Å². The van der Waals surface area contributed by atoms with Gasteiger partial charge in [0.05, 0.1) is 0 Å². The van der Waals surface area contributed by atoms with E-state index in [1.807, 2.05) is 13.0 Å². The molecule has 1 aliphatic carbocycles. The van der Waals surface area contributed by atoms with Crippen LogP contribution in [0.1, 0.15) is 43.5 Å². The van der Waals surface area contributed by atoms with Crippen molar-refractivity contribution in [2.45, 2.75) is 45.6 Å². The topological polar surface area (TPSA) is 43.8 Å². The molecule has 0 saturated heterocycles. The zero-order valence-electron chi connectivity index (χ0n) is 12.0. The summed E-state index contributed by atoms with van der Waals surface area (Å²) in [6.07, 6.45) is 3.32. The van der Waals surface area contributed by atoms with E-state index in [4.69, 9.17) is 5.73 Å². The molecule has 1 aromatic carbocycles. The van der Waals surface area contributed by atoms with E-state index in [0.29, 0.717) is 23.0 Å². The van der Waals surface area contributed by atoms with Crippen molar-refractivity contribution in [3.05, 3.63) is 35.4 Å². The number of nitrogens with two attached hydrogens (primary N) is 1. The number of nitrogen functional groups attached to an aromatic ring is 1. The summed E-state index contributed by atoms with van der Waals surface area (Å²) < 4.78 is 16.1. The number of benzene rings is 1. The fourth-order valence-corrected chi connectivity index (χ4v) is 2.61. The van der Waals surface area contributed by atoms with Gasteiger partial charge in [-0.1, -0.05) is 18.6 Å². The fraction of sp³-hybridized carbons (Fsp3) is 0.438. The first-order valence-corrected chi connectivity index (χ1v) is 7.24. The minimum absolute atomic E-state index is 0.259. The lowest BCUT2D eigenvalue weighted by Crippen LogP contribution is -2.06. The van der Waals surface area contributed by atoms with Crippen LogP contribution in [0, 0.1) is 12.7 Å². The van der Waals surface area contributed by atoms with Crippen LogP contribution in [0.25, 0.3) is 11.3 Å². The molecule has 0 atom stereocenters. The number of aryl methyl sites for hydroxylation is 1. The van der Waals surface area contributed by atoms with E-state index in [1.165, 1.54) is 6.07 Å². The number of rotatable bonds is 4. The average molecular weight is 273 g/mol. The maximum atomic E-state index is 14.1. The predicted molar refractivity (Wildman–Crippen MR) is 79.0 cm³/mol. The van der Waals surface area contributed by atoms with Crippen molar-refractivity contribution >= 4 is 5.82 Å². The highest BCUT2D eigenvalue weighted by Crippen LogP contribution is 2.42. The number of anilines is 1. The van der Waals surface area contributed by atoms with Gasteiger partial charge in [0.25, 0.3) is 0 Å². The summed E-state index contributed by atoms with van der Waals surface area (Å²) >= 11 is 0. The van der Waals surface area contributed by atoms with Crippen molar-refractivity contribution in [3.8, 4) is 11.3 Å². The number of halogens is 1. The average Bonchev–Trinajstić information content (AvgIpc) is 3.21. The van der Waals surface area contributed by atoms with Crippen molar-refractivity contribution in [3.63, 3.8) is 0 Å². The van der Waals surface area contributed by atoms with Crippen molar-refractivity contribution in [1.82, 2.24) is 9.55 Å². The Labute approximate surface area is 118 Å². The molecule has 1 heterocycles. The smallest absolute Gasteiger partial charge is 0.132 e. The maximum Gasteiger partial charge on any atom is 0.132 e. The van der Waals surface area contributed by atoms with Crippen LogP contribution < -0.4 is 5.73 Å². The van der Waals surface area contributed by atoms with Crippen LogP contribution in [0.3, 0.4) is 0 Å². The summed E-state index contributed by atoms with van der Waals surface area (Å²) in [4.78, 5) is 4.66. The van der Waals surface area contributed by atoms with E-state index < -0.39 is 0 Å². The van der Waals surface area contributed by atoms with E-state index in [0.717, 1.165) is 37.2 Å². The van der Waals surface area contributed by atoms with Crippen molar-refractivity contribution < 1.29 is 4.39 Å². The molecule has 3 nitrogen and oxygen atoms in total. The minimum atomic E-state index is -0.259. The molecule has 1 aliphatic rings. The lowest BCUT2D eigenvalue weighted by molar-refractivity contribution is 0.630. The molecule has 0 amide bonds. The third kappa shape index (κ3) is 2.19. The molecule has 106 valence electrons. The Morgan fingerprint density at radius 1 is 1.40 bits per heavy atom. The molecule has 1 aromatic heterocycles. The van der Waals surface area contributed by atoms with Crippen molar-refractivity contribution in [2.24, 2.45) is 0 Å².